The maximum absolute atomic E-state index is 9.25. The fourth-order valence-electron chi connectivity index (χ4n) is 0.591. The molecular weight excluding hydrogens is 128 g/mol. The van der Waals surface area contributed by atoms with Gasteiger partial charge in [0.1, 0.15) is 0 Å². The second-order valence-corrected chi connectivity index (χ2v) is 2.67. The van der Waals surface area contributed by atoms with Crippen LogP contribution in [0.1, 0.15) is 19.8 Å². The SMILES string of the molecule is [CH2]C=CCCC(C)(O)CO. The second-order valence-electron chi connectivity index (χ2n) is 2.67. The summed E-state index contributed by atoms with van der Waals surface area (Å²) in [7, 11) is 0. The zero-order valence-corrected chi connectivity index (χ0v) is 6.38. The van der Waals surface area contributed by atoms with Gasteiger partial charge in [0.2, 0.25) is 0 Å². The van der Waals surface area contributed by atoms with E-state index in [4.69, 9.17) is 5.11 Å². The lowest BCUT2D eigenvalue weighted by molar-refractivity contribution is -0.00421. The number of hydrogen-bond donors (Lipinski definition) is 2. The summed E-state index contributed by atoms with van der Waals surface area (Å²) in [6.07, 6.45) is 4.89. The predicted octanol–water partition coefficient (Wildman–Crippen LogP) is 0.900. The van der Waals surface area contributed by atoms with Gasteiger partial charge in [-0.2, -0.15) is 0 Å². The standard InChI is InChI=1S/C8H15O2/c1-3-4-5-6-8(2,10)7-9/h3-4,9-10H,1,5-7H2,2H3. The molecule has 0 spiro atoms. The Morgan fingerprint density at radius 2 is 2.20 bits per heavy atom. The number of aliphatic hydroxyl groups is 2. The zero-order chi connectivity index (χ0) is 8.04. The smallest absolute Gasteiger partial charge is 0.0852 e. The number of aliphatic hydroxyl groups excluding tert-OH is 1. The van der Waals surface area contributed by atoms with Gasteiger partial charge in [0.15, 0.2) is 0 Å². The van der Waals surface area contributed by atoms with Gasteiger partial charge in [-0.25, -0.2) is 0 Å². The largest absolute Gasteiger partial charge is 0.393 e. The Bertz CT molecular complexity index is 106. The van der Waals surface area contributed by atoms with Crippen LogP contribution in [0, 0.1) is 6.92 Å². The molecule has 0 fully saturated rings. The maximum atomic E-state index is 9.25. The summed E-state index contributed by atoms with van der Waals surface area (Å²) in [5.41, 5.74) is -0.931. The minimum absolute atomic E-state index is 0.183. The molecule has 1 radical (unpaired) electrons. The molecule has 2 nitrogen and oxygen atoms in total. The van der Waals surface area contributed by atoms with Crippen molar-refractivity contribution < 1.29 is 10.2 Å². The van der Waals surface area contributed by atoms with Crippen molar-refractivity contribution in [3.8, 4) is 0 Å². The van der Waals surface area contributed by atoms with Crippen molar-refractivity contribution in [3.05, 3.63) is 19.1 Å². The van der Waals surface area contributed by atoms with Crippen molar-refractivity contribution in [1.82, 2.24) is 0 Å². The van der Waals surface area contributed by atoms with Crippen LogP contribution in [0.25, 0.3) is 0 Å². The van der Waals surface area contributed by atoms with E-state index in [2.05, 4.69) is 6.92 Å². The van der Waals surface area contributed by atoms with Crippen LogP contribution in [0.4, 0.5) is 0 Å². The fourth-order valence-corrected chi connectivity index (χ4v) is 0.591. The van der Waals surface area contributed by atoms with E-state index in [0.29, 0.717) is 6.42 Å². The molecule has 0 saturated heterocycles. The lowest BCUT2D eigenvalue weighted by Gasteiger charge is -2.18. The van der Waals surface area contributed by atoms with Gasteiger partial charge in [-0.3, -0.25) is 0 Å². The first-order chi connectivity index (χ1) is 4.62. The average molecular weight is 143 g/mol. The number of allylic oxidation sites excluding steroid dienone is 2. The minimum atomic E-state index is -0.931. The Balaban J connectivity index is 3.46. The van der Waals surface area contributed by atoms with Crippen LogP contribution in [0.5, 0.6) is 0 Å². The molecule has 2 N–H and O–H groups in total. The van der Waals surface area contributed by atoms with Gasteiger partial charge in [0.25, 0.3) is 0 Å². The van der Waals surface area contributed by atoms with Crippen LogP contribution in [0.3, 0.4) is 0 Å². The van der Waals surface area contributed by atoms with Crippen molar-refractivity contribution in [2.75, 3.05) is 6.61 Å². The molecule has 0 saturated carbocycles. The molecule has 0 aromatic carbocycles. The van der Waals surface area contributed by atoms with Crippen molar-refractivity contribution >= 4 is 0 Å². The first-order valence-electron chi connectivity index (χ1n) is 3.40. The first kappa shape index (κ1) is 9.66. The normalized spacial score (nSPS) is 17.6. The molecule has 0 amide bonds. The zero-order valence-electron chi connectivity index (χ0n) is 6.38. The molecule has 59 valence electrons. The van der Waals surface area contributed by atoms with E-state index in [1.165, 1.54) is 0 Å². The molecule has 10 heavy (non-hydrogen) atoms. The van der Waals surface area contributed by atoms with E-state index < -0.39 is 5.60 Å². The van der Waals surface area contributed by atoms with Gasteiger partial charge in [0.05, 0.1) is 12.2 Å². The molecule has 0 rings (SSSR count). The Morgan fingerprint density at radius 1 is 1.60 bits per heavy atom. The van der Waals surface area contributed by atoms with Gasteiger partial charge in [0, 0.05) is 0 Å². The summed E-state index contributed by atoms with van der Waals surface area (Å²) >= 11 is 0. The third-order valence-corrected chi connectivity index (χ3v) is 1.36. The molecule has 1 atom stereocenters. The molecular formula is C8H15O2. The van der Waals surface area contributed by atoms with Gasteiger partial charge in [-0.15, -0.1) is 0 Å². The Morgan fingerprint density at radius 3 is 2.60 bits per heavy atom. The predicted molar refractivity (Wildman–Crippen MR) is 41.4 cm³/mol. The summed E-state index contributed by atoms with van der Waals surface area (Å²) in [4.78, 5) is 0. The van der Waals surface area contributed by atoms with Crippen LogP contribution in [0.2, 0.25) is 0 Å². The number of rotatable bonds is 4. The van der Waals surface area contributed by atoms with Gasteiger partial charge in [-0.1, -0.05) is 12.2 Å². The molecule has 0 aliphatic carbocycles. The van der Waals surface area contributed by atoms with E-state index in [9.17, 15) is 5.11 Å². The molecule has 0 aromatic heterocycles. The van der Waals surface area contributed by atoms with Crippen LogP contribution in [0.15, 0.2) is 12.2 Å². The Kier molecular flexibility index (Phi) is 4.32. The van der Waals surface area contributed by atoms with Gasteiger partial charge < -0.3 is 10.2 Å². The second kappa shape index (κ2) is 4.47. The van der Waals surface area contributed by atoms with Crippen molar-refractivity contribution in [1.29, 1.82) is 0 Å². The van der Waals surface area contributed by atoms with Crippen LogP contribution >= 0.6 is 0 Å². The highest BCUT2D eigenvalue weighted by Gasteiger charge is 2.16. The van der Waals surface area contributed by atoms with Crippen LogP contribution < -0.4 is 0 Å². The summed E-state index contributed by atoms with van der Waals surface area (Å²) in [5.74, 6) is 0. The van der Waals surface area contributed by atoms with Crippen LogP contribution in [-0.4, -0.2) is 22.4 Å². The van der Waals surface area contributed by atoms with E-state index in [1.807, 2.05) is 6.08 Å². The van der Waals surface area contributed by atoms with Crippen molar-refractivity contribution in [2.24, 2.45) is 0 Å². The molecule has 1 unspecified atom stereocenters. The lowest BCUT2D eigenvalue weighted by Crippen LogP contribution is -2.28. The van der Waals surface area contributed by atoms with E-state index in [1.54, 1.807) is 13.0 Å². The minimum Gasteiger partial charge on any atom is -0.393 e. The van der Waals surface area contributed by atoms with E-state index in [-0.39, 0.29) is 6.61 Å². The van der Waals surface area contributed by atoms with E-state index >= 15 is 0 Å². The summed E-state index contributed by atoms with van der Waals surface area (Å²) < 4.78 is 0. The molecule has 0 aliphatic rings. The van der Waals surface area contributed by atoms with Crippen LogP contribution in [-0.2, 0) is 0 Å². The Hall–Kier alpha value is -0.340. The summed E-state index contributed by atoms with van der Waals surface area (Å²) in [6, 6.07) is 0. The highest BCUT2D eigenvalue weighted by molar-refractivity contribution is 4.86. The lowest BCUT2D eigenvalue weighted by atomic mass is 10.0. The Labute approximate surface area is 62.2 Å². The molecule has 0 heterocycles. The average Bonchev–Trinajstić information content (AvgIpc) is 1.89. The maximum Gasteiger partial charge on any atom is 0.0852 e. The fraction of sp³-hybridized carbons (Fsp3) is 0.625. The van der Waals surface area contributed by atoms with Crippen molar-refractivity contribution in [2.45, 2.75) is 25.4 Å². The molecule has 2 heteroatoms. The van der Waals surface area contributed by atoms with E-state index in [0.717, 1.165) is 6.42 Å². The number of hydrogen-bond acceptors (Lipinski definition) is 2. The first-order valence-corrected chi connectivity index (χ1v) is 3.40. The topological polar surface area (TPSA) is 40.5 Å². The quantitative estimate of drug-likeness (QED) is 0.614. The highest BCUT2D eigenvalue weighted by atomic mass is 16.3. The van der Waals surface area contributed by atoms with Gasteiger partial charge >= 0.3 is 0 Å². The monoisotopic (exact) mass is 143 g/mol. The molecule has 0 aromatic rings. The third-order valence-electron chi connectivity index (χ3n) is 1.36. The summed E-state index contributed by atoms with van der Waals surface area (Å²) in [5, 5.41) is 17.8. The third kappa shape index (κ3) is 4.53. The van der Waals surface area contributed by atoms with Crippen molar-refractivity contribution in [3.63, 3.8) is 0 Å². The molecule has 0 bridgehead atoms. The van der Waals surface area contributed by atoms with Gasteiger partial charge in [-0.05, 0) is 26.7 Å². The highest BCUT2D eigenvalue weighted by Crippen LogP contribution is 2.10. The summed E-state index contributed by atoms with van der Waals surface area (Å²) in [6.45, 7) is 4.94. The molecule has 0 aliphatic heterocycles.